The Kier molecular flexibility index (Phi) is 3.46. The van der Waals surface area contributed by atoms with Gasteiger partial charge in [-0.05, 0) is 24.1 Å². The van der Waals surface area contributed by atoms with Crippen molar-refractivity contribution in [1.82, 2.24) is 4.98 Å². The fourth-order valence-corrected chi connectivity index (χ4v) is 1.77. The van der Waals surface area contributed by atoms with Gasteiger partial charge in [0, 0.05) is 5.56 Å². The molecule has 2 N–H and O–H groups in total. The van der Waals surface area contributed by atoms with E-state index in [9.17, 15) is 13.2 Å². The van der Waals surface area contributed by atoms with Gasteiger partial charge in [0.1, 0.15) is 5.82 Å². The number of hydrogen-bond acceptors (Lipinski definition) is 2. The Hall–Kier alpha value is -2.04. The van der Waals surface area contributed by atoms with Crippen molar-refractivity contribution in [2.45, 2.75) is 19.5 Å². The Balaban J connectivity index is 2.46. The average molecular weight is 266 g/mol. The number of alkyl halides is 3. The molecule has 0 atom stereocenters. The highest BCUT2D eigenvalue weighted by molar-refractivity contribution is 5.62. The van der Waals surface area contributed by atoms with Crippen LogP contribution in [0.15, 0.2) is 36.4 Å². The largest absolute Gasteiger partial charge is 0.416 e. The van der Waals surface area contributed by atoms with E-state index in [-0.39, 0.29) is 11.5 Å². The molecule has 0 bridgehead atoms. The van der Waals surface area contributed by atoms with Crippen molar-refractivity contribution in [1.29, 1.82) is 0 Å². The second-order valence-corrected chi connectivity index (χ2v) is 4.21. The average Bonchev–Trinajstić information content (AvgIpc) is 2.37. The minimum absolute atomic E-state index is 0.135. The first-order valence-electron chi connectivity index (χ1n) is 5.84. The molecule has 0 radical (unpaired) electrons. The van der Waals surface area contributed by atoms with Crippen molar-refractivity contribution in [3.05, 3.63) is 47.5 Å². The molecule has 2 nitrogen and oxygen atoms in total. The molecule has 0 aliphatic heterocycles. The lowest BCUT2D eigenvalue weighted by atomic mass is 10.1. The number of hydrogen-bond donors (Lipinski definition) is 1. The summed E-state index contributed by atoms with van der Waals surface area (Å²) in [6, 6.07) is 9.09. The van der Waals surface area contributed by atoms with Gasteiger partial charge in [-0.3, -0.25) is 0 Å². The highest BCUT2D eigenvalue weighted by Crippen LogP contribution is 2.32. The molecule has 5 heteroatoms. The number of halogens is 3. The van der Waals surface area contributed by atoms with Gasteiger partial charge in [0.15, 0.2) is 0 Å². The first kappa shape index (κ1) is 13.4. The van der Waals surface area contributed by atoms with Crippen molar-refractivity contribution in [3.8, 4) is 11.3 Å². The van der Waals surface area contributed by atoms with Gasteiger partial charge in [-0.1, -0.05) is 31.2 Å². The van der Waals surface area contributed by atoms with Crippen LogP contribution in [0, 0.1) is 0 Å². The molecule has 100 valence electrons. The number of rotatable bonds is 2. The number of aromatic nitrogens is 1. The zero-order valence-electron chi connectivity index (χ0n) is 10.3. The van der Waals surface area contributed by atoms with Gasteiger partial charge >= 0.3 is 6.18 Å². The Labute approximate surface area is 109 Å². The molecule has 0 saturated carbocycles. The van der Waals surface area contributed by atoms with Crippen molar-refractivity contribution >= 4 is 5.82 Å². The fraction of sp³-hybridized carbons (Fsp3) is 0.214. The SMILES string of the molecule is CCc1ccc(-c2cc(C(F)(F)F)cc(N)n2)cc1. The predicted molar refractivity (Wildman–Crippen MR) is 68.5 cm³/mol. The minimum atomic E-state index is -4.42. The molecule has 0 aliphatic carbocycles. The van der Waals surface area contributed by atoms with Crippen LogP contribution in [0.3, 0.4) is 0 Å². The second kappa shape index (κ2) is 4.91. The van der Waals surface area contributed by atoms with Gasteiger partial charge in [0.2, 0.25) is 0 Å². The normalized spacial score (nSPS) is 11.6. The number of nitrogens with zero attached hydrogens (tertiary/aromatic N) is 1. The topological polar surface area (TPSA) is 38.9 Å². The monoisotopic (exact) mass is 266 g/mol. The van der Waals surface area contributed by atoms with Crippen molar-refractivity contribution in [2.75, 3.05) is 5.73 Å². The van der Waals surface area contributed by atoms with Crippen LogP contribution in [0.5, 0.6) is 0 Å². The molecular formula is C14H13F3N2. The summed E-state index contributed by atoms with van der Waals surface area (Å²) in [6.07, 6.45) is -3.55. The molecule has 0 saturated heterocycles. The van der Waals surface area contributed by atoms with Crippen LogP contribution in [0.25, 0.3) is 11.3 Å². The number of nitrogens with two attached hydrogens (primary N) is 1. The number of pyridine rings is 1. The number of benzene rings is 1. The second-order valence-electron chi connectivity index (χ2n) is 4.21. The lowest BCUT2D eigenvalue weighted by Gasteiger charge is -2.10. The standard InChI is InChI=1S/C14H13F3N2/c1-2-9-3-5-10(6-4-9)12-7-11(14(15,16)17)8-13(18)19-12/h3-8H,2H2,1H3,(H2,18,19). The van der Waals surface area contributed by atoms with Crippen LogP contribution in [-0.4, -0.2) is 4.98 Å². The minimum Gasteiger partial charge on any atom is -0.384 e. The maximum Gasteiger partial charge on any atom is 0.416 e. The smallest absolute Gasteiger partial charge is 0.384 e. The summed E-state index contributed by atoms with van der Waals surface area (Å²) in [4.78, 5) is 3.95. The van der Waals surface area contributed by atoms with E-state index in [1.54, 1.807) is 12.1 Å². The third kappa shape index (κ3) is 3.05. The highest BCUT2D eigenvalue weighted by atomic mass is 19.4. The molecule has 0 fully saturated rings. The number of nitrogen functional groups attached to an aromatic ring is 1. The van der Waals surface area contributed by atoms with Crippen LogP contribution in [-0.2, 0) is 12.6 Å². The summed E-state index contributed by atoms with van der Waals surface area (Å²) >= 11 is 0. The van der Waals surface area contributed by atoms with Crippen LogP contribution in [0.2, 0.25) is 0 Å². The summed E-state index contributed by atoms with van der Waals surface area (Å²) in [5.41, 5.74) is 6.62. The van der Waals surface area contributed by atoms with Crippen LogP contribution >= 0.6 is 0 Å². The summed E-state index contributed by atoms with van der Waals surface area (Å²) in [5, 5.41) is 0. The molecule has 2 rings (SSSR count). The quantitative estimate of drug-likeness (QED) is 0.895. The van der Waals surface area contributed by atoms with Gasteiger partial charge in [-0.25, -0.2) is 4.98 Å². The molecule has 1 heterocycles. The Bertz CT molecular complexity index is 574. The van der Waals surface area contributed by atoms with Crippen molar-refractivity contribution in [3.63, 3.8) is 0 Å². The van der Waals surface area contributed by atoms with Gasteiger partial charge in [-0.2, -0.15) is 13.2 Å². The number of aryl methyl sites for hydroxylation is 1. The molecule has 1 aromatic carbocycles. The highest BCUT2D eigenvalue weighted by Gasteiger charge is 2.31. The van der Waals surface area contributed by atoms with Crippen molar-refractivity contribution < 1.29 is 13.2 Å². The Morgan fingerprint density at radius 1 is 1.11 bits per heavy atom. The van der Waals surface area contributed by atoms with Gasteiger partial charge < -0.3 is 5.73 Å². The molecule has 0 spiro atoms. The summed E-state index contributed by atoms with van der Waals surface area (Å²) in [5.74, 6) is -0.135. The third-order valence-electron chi connectivity index (χ3n) is 2.83. The first-order chi connectivity index (χ1) is 8.90. The molecule has 0 aliphatic rings. The zero-order chi connectivity index (χ0) is 14.0. The maximum atomic E-state index is 12.7. The predicted octanol–water partition coefficient (Wildman–Crippen LogP) is 3.91. The molecule has 0 amide bonds. The third-order valence-corrected chi connectivity index (χ3v) is 2.83. The van der Waals surface area contributed by atoms with E-state index >= 15 is 0 Å². The lowest BCUT2D eigenvalue weighted by Crippen LogP contribution is -2.07. The molecular weight excluding hydrogens is 253 g/mol. The molecule has 0 unspecified atom stereocenters. The van der Waals surface area contributed by atoms with E-state index in [1.165, 1.54) is 0 Å². The molecule has 19 heavy (non-hydrogen) atoms. The van der Waals surface area contributed by atoms with E-state index < -0.39 is 11.7 Å². The maximum absolute atomic E-state index is 12.7. The van der Waals surface area contributed by atoms with Crippen molar-refractivity contribution in [2.24, 2.45) is 0 Å². The Morgan fingerprint density at radius 2 is 1.74 bits per heavy atom. The van der Waals surface area contributed by atoms with E-state index in [2.05, 4.69) is 4.98 Å². The van der Waals surface area contributed by atoms with Crippen LogP contribution in [0.4, 0.5) is 19.0 Å². The lowest BCUT2D eigenvalue weighted by molar-refractivity contribution is -0.137. The fourth-order valence-electron chi connectivity index (χ4n) is 1.77. The summed E-state index contributed by atoms with van der Waals surface area (Å²) < 4.78 is 38.1. The zero-order valence-corrected chi connectivity index (χ0v) is 10.3. The first-order valence-corrected chi connectivity index (χ1v) is 5.84. The van der Waals surface area contributed by atoms with Crippen LogP contribution < -0.4 is 5.73 Å². The summed E-state index contributed by atoms with van der Waals surface area (Å²) in [7, 11) is 0. The van der Waals surface area contributed by atoms with Crippen LogP contribution in [0.1, 0.15) is 18.1 Å². The molecule has 1 aromatic heterocycles. The summed E-state index contributed by atoms with van der Waals surface area (Å²) in [6.45, 7) is 2.01. The number of anilines is 1. The van der Waals surface area contributed by atoms with Gasteiger partial charge in [0.05, 0.1) is 11.3 Å². The van der Waals surface area contributed by atoms with Gasteiger partial charge in [0.25, 0.3) is 0 Å². The van der Waals surface area contributed by atoms with E-state index in [4.69, 9.17) is 5.73 Å². The molecule has 2 aromatic rings. The van der Waals surface area contributed by atoms with E-state index in [0.717, 1.165) is 24.1 Å². The Morgan fingerprint density at radius 3 is 2.26 bits per heavy atom. The van der Waals surface area contributed by atoms with E-state index in [0.29, 0.717) is 5.56 Å². The van der Waals surface area contributed by atoms with Gasteiger partial charge in [-0.15, -0.1) is 0 Å². The van der Waals surface area contributed by atoms with E-state index in [1.807, 2.05) is 19.1 Å².